The van der Waals surface area contributed by atoms with Crippen LogP contribution in [0.1, 0.15) is 78.6 Å². The minimum Gasteiger partial charge on any atom is -0.294 e. The number of aliphatic imine (C=N–C) groups is 1. The van der Waals surface area contributed by atoms with Crippen molar-refractivity contribution in [2.45, 2.75) is 97.5 Å². The van der Waals surface area contributed by atoms with Crippen LogP contribution in [0.2, 0.25) is 19.0 Å². The third kappa shape index (κ3) is 7.50. The molecule has 0 spiro atoms. The van der Waals surface area contributed by atoms with Gasteiger partial charge in [-0.25, -0.2) is 0 Å². The van der Waals surface area contributed by atoms with E-state index >= 15 is 0 Å². The largest absolute Gasteiger partial charge is 0.294 e. The Morgan fingerprint density at radius 2 is 1.65 bits per heavy atom. The lowest BCUT2D eigenvalue weighted by Crippen LogP contribution is -2.17. The predicted octanol–water partition coefficient (Wildman–Crippen LogP) is 6.12. The highest BCUT2D eigenvalue weighted by molar-refractivity contribution is 6.58. The smallest absolute Gasteiger partial charge is 0.139 e. The van der Waals surface area contributed by atoms with E-state index in [2.05, 4.69) is 20.8 Å². The van der Waals surface area contributed by atoms with Crippen molar-refractivity contribution >= 4 is 12.4 Å². The number of nitrogens with zero attached hydrogens (tertiary/aromatic N) is 1. The topological polar surface area (TPSA) is 12.4 Å². The summed E-state index contributed by atoms with van der Waals surface area (Å²) in [5.74, 6) is 0.764. The fourth-order valence-electron chi connectivity index (χ4n) is 3.43. The van der Waals surface area contributed by atoms with Gasteiger partial charge in [0.25, 0.3) is 0 Å². The molecule has 0 amide bonds. The molecule has 0 radical (unpaired) electrons. The van der Waals surface area contributed by atoms with E-state index < -0.39 is 0 Å². The monoisotopic (exact) mass is 277 g/mol. The molecule has 0 heterocycles. The van der Waals surface area contributed by atoms with E-state index in [1.807, 2.05) is 0 Å². The fourth-order valence-corrected chi connectivity index (χ4v) is 3.43. The zero-order valence-electron chi connectivity index (χ0n) is 14.3. The summed E-state index contributed by atoms with van der Waals surface area (Å²) in [6.45, 7) is 9.05. The summed E-state index contributed by atoms with van der Waals surface area (Å²) in [5.41, 5.74) is 1.52. The predicted molar refractivity (Wildman–Crippen MR) is 94.5 cm³/mol. The lowest BCUT2D eigenvalue weighted by atomic mass is 9.41. The minimum absolute atomic E-state index is 0.764. The lowest BCUT2D eigenvalue weighted by Gasteiger charge is -2.20. The Hall–Kier alpha value is -0.265. The molecule has 0 N–H and O–H groups in total. The maximum atomic E-state index is 4.91. The second-order valence-electron chi connectivity index (χ2n) is 6.81. The van der Waals surface area contributed by atoms with Gasteiger partial charge in [0.2, 0.25) is 0 Å². The van der Waals surface area contributed by atoms with Crippen LogP contribution in [0.15, 0.2) is 4.99 Å². The number of unbranched alkanes of at least 4 members (excludes halogenated alkanes) is 2. The molecule has 1 nitrogen and oxygen atoms in total. The van der Waals surface area contributed by atoms with Crippen molar-refractivity contribution in [1.29, 1.82) is 0 Å². The molecule has 0 aromatic heterocycles. The first-order valence-corrected chi connectivity index (χ1v) is 9.31. The van der Waals surface area contributed by atoms with Crippen LogP contribution >= 0.6 is 0 Å². The van der Waals surface area contributed by atoms with Crippen LogP contribution in [0, 0.1) is 5.92 Å². The Morgan fingerprint density at radius 1 is 1.00 bits per heavy atom. The molecule has 2 heteroatoms. The van der Waals surface area contributed by atoms with Crippen molar-refractivity contribution in [3.8, 4) is 0 Å². The van der Waals surface area contributed by atoms with Crippen LogP contribution in [0.5, 0.6) is 0 Å². The maximum Gasteiger partial charge on any atom is 0.139 e. The first-order chi connectivity index (χ1) is 9.77. The molecule has 0 saturated heterocycles. The highest BCUT2D eigenvalue weighted by atomic mass is 14.7. The van der Waals surface area contributed by atoms with Gasteiger partial charge in [-0.2, -0.15) is 0 Å². The van der Waals surface area contributed by atoms with E-state index in [0.29, 0.717) is 0 Å². The second-order valence-corrected chi connectivity index (χ2v) is 6.81. The third-order valence-corrected chi connectivity index (χ3v) is 4.91. The molecule has 0 aromatic rings. The number of hydrogen-bond donors (Lipinski definition) is 0. The molecule has 1 atom stereocenters. The van der Waals surface area contributed by atoms with Crippen LogP contribution in [0.4, 0.5) is 0 Å². The summed E-state index contributed by atoms with van der Waals surface area (Å²) < 4.78 is 0. The van der Waals surface area contributed by atoms with Gasteiger partial charge in [0.1, 0.15) is 6.71 Å². The van der Waals surface area contributed by atoms with E-state index in [1.165, 1.54) is 82.5 Å². The summed E-state index contributed by atoms with van der Waals surface area (Å²) in [4.78, 5) is 4.91. The molecule has 1 fully saturated rings. The normalized spacial score (nSPS) is 21.4. The van der Waals surface area contributed by atoms with Gasteiger partial charge in [-0.3, -0.25) is 4.99 Å². The summed E-state index contributed by atoms with van der Waals surface area (Å²) in [5, 5.41) is 0. The van der Waals surface area contributed by atoms with E-state index in [4.69, 9.17) is 4.99 Å². The Kier molecular flexibility index (Phi) is 10.1. The van der Waals surface area contributed by atoms with E-state index in [0.717, 1.165) is 19.2 Å². The summed E-state index contributed by atoms with van der Waals surface area (Å²) in [7, 11) is 0. The van der Waals surface area contributed by atoms with Crippen LogP contribution < -0.4 is 0 Å². The van der Waals surface area contributed by atoms with Crippen molar-refractivity contribution in [3.05, 3.63) is 0 Å². The molecule has 1 unspecified atom stereocenters. The molecule has 1 aliphatic carbocycles. The Morgan fingerprint density at radius 3 is 2.25 bits per heavy atom. The molecule has 0 bridgehead atoms. The number of rotatable bonds is 10. The Balaban J connectivity index is 2.22. The van der Waals surface area contributed by atoms with Crippen LogP contribution in [-0.2, 0) is 0 Å². The third-order valence-electron chi connectivity index (χ3n) is 4.91. The highest BCUT2D eigenvalue weighted by Gasteiger charge is 2.15. The molecular weight excluding hydrogens is 241 g/mol. The molecule has 1 rings (SSSR count). The average molecular weight is 277 g/mol. The van der Waals surface area contributed by atoms with Crippen molar-refractivity contribution in [3.63, 3.8) is 0 Å². The first-order valence-electron chi connectivity index (χ1n) is 9.31. The zero-order valence-corrected chi connectivity index (χ0v) is 14.3. The van der Waals surface area contributed by atoms with Gasteiger partial charge in [-0.15, -0.1) is 0 Å². The fraction of sp³-hybridized carbons (Fsp3) is 0.944. The standard InChI is InChI=1S/C18H36BN/c1-4-6-13-19(14-7-5-2)15-10-16-20-18-12-9-8-11-17(18)3/h17H,4-16H2,1-3H3. The Labute approximate surface area is 128 Å². The van der Waals surface area contributed by atoms with Gasteiger partial charge in [0.05, 0.1) is 0 Å². The van der Waals surface area contributed by atoms with Gasteiger partial charge < -0.3 is 0 Å². The molecule has 0 aliphatic heterocycles. The van der Waals surface area contributed by atoms with Gasteiger partial charge in [-0.05, 0) is 31.6 Å². The minimum atomic E-state index is 0.764. The van der Waals surface area contributed by atoms with Gasteiger partial charge in [-0.1, -0.05) is 71.8 Å². The van der Waals surface area contributed by atoms with Crippen molar-refractivity contribution < 1.29 is 0 Å². The van der Waals surface area contributed by atoms with Crippen molar-refractivity contribution in [2.24, 2.45) is 10.9 Å². The first kappa shape index (κ1) is 17.8. The van der Waals surface area contributed by atoms with Gasteiger partial charge in [0, 0.05) is 12.3 Å². The summed E-state index contributed by atoms with van der Waals surface area (Å²) in [6.07, 6.45) is 16.6. The summed E-state index contributed by atoms with van der Waals surface area (Å²) >= 11 is 0. The quantitative estimate of drug-likeness (QED) is 0.337. The molecule has 1 aliphatic rings. The SMILES string of the molecule is CCCCB(CCCC)CCCN=C1CCCCC1C. The van der Waals surface area contributed by atoms with Crippen LogP contribution in [0.25, 0.3) is 0 Å². The maximum absolute atomic E-state index is 4.91. The van der Waals surface area contributed by atoms with E-state index in [1.54, 1.807) is 0 Å². The van der Waals surface area contributed by atoms with Gasteiger partial charge >= 0.3 is 0 Å². The molecule has 116 valence electrons. The number of hydrogen-bond acceptors (Lipinski definition) is 1. The molecular formula is C18H36BN. The van der Waals surface area contributed by atoms with Crippen molar-refractivity contribution in [1.82, 2.24) is 0 Å². The summed E-state index contributed by atoms with van der Waals surface area (Å²) in [6, 6.07) is 0. The Bertz CT molecular complexity index is 254. The lowest BCUT2D eigenvalue weighted by molar-refractivity contribution is 0.556. The zero-order chi connectivity index (χ0) is 14.6. The van der Waals surface area contributed by atoms with E-state index in [9.17, 15) is 0 Å². The van der Waals surface area contributed by atoms with E-state index in [-0.39, 0.29) is 0 Å². The van der Waals surface area contributed by atoms with Gasteiger partial charge in [0.15, 0.2) is 0 Å². The highest BCUT2D eigenvalue weighted by Crippen LogP contribution is 2.21. The second kappa shape index (κ2) is 11.4. The van der Waals surface area contributed by atoms with Crippen LogP contribution in [0.3, 0.4) is 0 Å². The molecule has 0 aromatic carbocycles. The average Bonchev–Trinajstić information content (AvgIpc) is 2.47. The van der Waals surface area contributed by atoms with Crippen LogP contribution in [-0.4, -0.2) is 19.0 Å². The molecule has 20 heavy (non-hydrogen) atoms. The van der Waals surface area contributed by atoms with Crippen molar-refractivity contribution in [2.75, 3.05) is 6.54 Å². The molecule has 1 saturated carbocycles.